The van der Waals surface area contributed by atoms with Crippen molar-refractivity contribution in [2.24, 2.45) is 5.92 Å². The van der Waals surface area contributed by atoms with Crippen LogP contribution in [0.2, 0.25) is 0 Å². The first kappa shape index (κ1) is 8.28. The summed E-state index contributed by atoms with van der Waals surface area (Å²) in [6.45, 7) is 0.629. The number of benzene rings is 1. The zero-order valence-electron chi connectivity index (χ0n) is 7.31. The highest BCUT2D eigenvalue weighted by atomic mass is 16.5. The van der Waals surface area contributed by atoms with Gasteiger partial charge in [-0.3, -0.25) is 0 Å². The molecule has 1 fully saturated rings. The smallest absolute Gasteiger partial charge is 0.0752 e. The second-order valence-electron chi connectivity index (χ2n) is 3.31. The minimum atomic E-state index is 0.142. The first-order chi connectivity index (χ1) is 6.40. The van der Waals surface area contributed by atoms with Gasteiger partial charge in [0.2, 0.25) is 0 Å². The summed E-state index contributed by atoms with van der Waals surface area (Å²) in [6, 6.07) is 12.2. The molecule has 2 atom stereocenters. The van der Waals surface area contributed by atoms with Crippen LogP contribution in [-0.2, 0) is 11.3 Å². The molecule has 1 aromatic carbocycles. The fraction of sp³-hybridized carbons (Fsp3) is 0.364. The van der Waals surface area contributed by atoms with Crippen molar-refractivity contribution >= 4 is 0 Å². The topological polar surface area (TPSA) is 33.0 Å². The second-order valence-corrected chi connectivity index (χ2v) is 3.31. The molecule has 0 radical (unpaired) electrons. The lowest BCUT2D eigenvalue weighted by Gasteiger charge is -2.01. The quantitative estimate of drug-likeness (QED) is 0.701. The van der Waals surface area contributed by atoms with Crippen LogP contribution in [0.15, 0.2) is 30.3 Å². The fourth-order valence-corrected chi connectivity index (χ4v) is 1.27. The van der Waals surface area contributed by atoms with E-state index in [1.165, 1.54) is 5.56 Å². The highest BCUT2D eigenvalue weighted by Gasteiger charge is 2.38. The Morgan fingerprint density at radius 1 is 1.38 bits per heavy atom. The second kappa shape index (κ2) is 3.59. The summed E-state index contributed by atoms with van der Waals surface area (Å²) in [5, 5.41) is 8.54. The predicted octanol–water partition coefficient (Wildman–Crippen LogP) is 2.12. The van der Waals surface area contributed by atoms with Crippen LogP contribution in [0.25, 0.3) is 0 Å². The van der Waals surface area contributed by atoms with Crippen molar-refractivity contribution in [1.29, 1.82) is 5.26 Å². The lowest BCUT2D eigenvalue weighted by molar-refractivity contribution is 0.100. The molecular weight excluding hydrogens is 162 g/mol. The van der Waals surface area contributed by atoms with Crippen LogP contribution in [0.5, 0.6) is 0 Å². The van der Waals surface area contributed by atoms with E-state index in [4.69, 9.17) is 10.00 Å². The summed E-state index contributed by atoms with van der Waals surface area (Å²) < 4.78 is 5.52. The van der Waals surface area contributed by atoms with Gasteiger partial charge in [0.05, 0.1) is 24.7 Å². The molecule has 13 heavy (non-hydrogen) atoms. The van der Waals surface area contributed by atoms with E-state index < -0.39 is 0 Å². The Kier molecular flexibility index (Phi) is 2.29. The van der Waals surface area contributed by atoms with Gasteiger partial charge >= 0.3 is 0 Å². The van der Waals surface area contributed by atoms with Gasteiger partial charge in [0.15, 0.2) is 0 Å². The Hall–Kier alpha value is -1.33. The van der Waals surface area contributed by atoms with Crippen LogP contribution in [0.1, 0.15) is 12.0 Å². The monoisotopic (exact) mass is 173 g/mol. The van der Waals surface area contributed by atoms with Crippen molar-refractivity contribution in [3.05, 3.63) is 35.9 Å². The molecule has 66 valence electrons. The van der Waals surface area contributed by atoms with E-state index in [0.717, 1.165) is 6.42 Å². The van der Waals surface area contributed by atoms with Crippen molar-refractivity contribution in [1.82, 2.24) is 0 Å². The third-order valence-corrected chi connectivity index (χ3v) is 2.20. The predicted molar refractivity (Wildman–Crippen MR) is 48.7 cm³/mol. The van der Waals surface area contributed by atoms with Crippen molar-refractivity contribution in [2.75, 3.05) is 0 Å². The van der Waals surface area contributed by atoms with E-state index >= 15 is 0 Å². The minimum Gasteiger partial charge on any atom is -0.372 e. The molecule has 0 amide bonds. The summed E-state index contributed by atoms with van der Waals surface area (Å²) in [5.41, 5.74) is 1.17. The number of ether oxygens (including phenoxy) is 1. The average Bonchev–Trinajstić information content (AvgIpc) is 2.95. The number of nitriles is 1. The van der Waals surface area contributed by atoms with E-state index in [-0.39, 0.29) is 12.0 Å². The summed E-state index contributed by atoms with van der Waals surface area (Å²) in [7, 11) is 0. The maximum absolute atomic E-state index is 8.54. The normalized spacial score (nSPS) is 25.2. The van der Waals surface area contributed by atoms with Gasteiger partial charge < -0.3 is 4.74 Å². The fourth-order valence-electron chi connectivity index (χ4n) is 1.27. The van der Waals surface area contributed by atoms with Gasteiger partial charge in [-0.25, -0.2) is 0 Å². The first-order valence-electron chi connectivity index (χ1n) is 4.45. The minimum absolute atomic E-state index is 0.142. The van der Waals surface area contributed by atoms with Crippen LogP contribution < -0.4 is 0 Å². The van der Waals surface area contributed by atoms with E-state index in [9.17, 15) is 0 Å². The van der Waals surface area contributed by atoms with Crippen LogP contribution >= 0.6 is 0 Å². The van der Waals surface area contributed by atoms with Crippen LogP contribution in [0, 0.1) is 17.2 Å². The van der Waals surface area contributed by atoms with Gasteiger partial charge in [0, 0.05) is 0 Å². The molecule has 1 aliphatic rings. The van der Waals surface area contributed by atoms with E-state index in [1.807, 2.05) is 30.3 Å². The summed E-state index contributed by atoms with van der Waals surface area (Å²) in [5.74, 6) is 0.142. The molecule has 0 spiro atoms. The molecule has 1 aliphatic carbocycles. The van der Waals surface area contributed by atoms with E-state index in [1.54, 1.807) is 0 Å². The standard InChI is InChI=1S/C11H11NO/c12-7-10-6-11(10)13-8-9-4-2-1-3-5-9/h1-5,10-11H,6,8H2/t10-,11-/m0/s1. The van der Waals surface area contributed by atoms with Crippen molar-refractivity contribution in [3.8, 4) is 6.07 Å². The van der Waals surface area contributed by atoms with Gasteiger partial charge in [-0.1, -0.05) is 30.3 Å². The highest BCUT2D eigenvalue weighted by Crippen LogP contribution is 2.33. The molecule has 0 unspecified atom stereocenters. The van der Waals surface area contributed by atoms with Crippen molar-refractivity contribution in [3.63, 3.8) is 0 Å². The molecule has 1 aromatic rings. The molecular formula is C11H11NO. The van der Waals surface area contributed by atoms with Crippen molar-refractivity contribution < 1.29 is 4.74 Å². The molecule has 2 nitrogen and oxygen atoms in total. The maximum Gasteiger partial charge on any atom is 0.0752 e. The van der Waals surface area contributed by atoms with Crippen LogP contribution in [-0.4, -0.2) is 6.10 Å². The molecule has 0 bridgehead atoms. The Bertz CT molecular complexity index is 315. The average molecular weight is 173 g/mol. The maximum atomic E-state index is 8.54. The molecule has 0 saturated heterocycles. The van der Waals surface area contributed by atoms with Gasteiger partial charge in [-0.2, -0.15) is 5.26 Å². The Balaban J connectivity index is 1.79. The number of hydrogen-bond acceptors (Lipinski definition) is 2. The van der Waals surface area contributed by atoms with Crippen LogP contribution in [0.4, 0.5) is 0 Å². The zero-order valence-corrected chi connectivity index (χ0v) is 7.31. The number of hydrogen-bond donors (Lipinski definition) is 0. The van der Waals surface area contributed by atoms with Crippen molar-refractivity contribution in [2.45, 2.75) is 19.1 Å². The molecule has 2 heteroatoms. The molecule has 0 heterocycles. The molecule has 0 aromatic heterocycles. The van der Waals surface area contributed by atoms with Gasteiger partial charge in [-0.15, -0.1) is 0 Å². The first-order valence-corrected chi connectivity index (χ1v) is 4.45. The SMILES string of the molecule is N#C[C@@H]1C[C@@H]1OCc1ccccc1. The lowest BCUT2D eigenvalue weighted by Crippen LogP contribution is -1.96. The Labute approximate surface area is 77.8 Å². The zero-order chi connectivity index (χ0) is 9.10. The molecule has 0 N–H and O–H groups in total. The summed E-state index contributed by atoms with van der Waals surface area (Å²) in [4.78, 5) is 0. The third kappa shape index (κ3) is 2.07. The number of nitrogens with zero attached hydrogens (tertiary/aromatic N) is 1. The Morgan fingerprint density at radius 3 is 2.77 bits per heavy atom. The molecule has 1 saturated carbocycles. The largest absolute Gasteiger partial charge is 0.372 e. The highest BCUT2D eigenvalue weighted by molar-refractivity contribution is 5.14. The summed E-state index contributed by atoms with van der Waals surface area (Å²) in [6.07, 6.45) is 1.09. The van der Waals surface area contributed by atoms with E-state index in [0.29, 0.717) is 6.61 Å². The van der Waals surface area contributed by atoms with E-state index in [2.05, 4.69) is 6.07 Å². The lowest BCUT2D eigenvalue weighted by atomic mass is 10.2. The Morgan fingerprint density at radius 2 is 2.15 bits per heavy atom. The molecule has 0 aliphatic heterocycles. The van der Waals surface area contributed by atoms with Gasteiger partial charge in [0.25, 0.3) is 0 Å². The van der Waals surface area contributed by atoms with Crippen LogP contribution in [0.3, 0.4) is 0 Å². The summed E-state index contributed by atoms with van der Waals surface area (Å²) >= 11 is 0. The molecule has 2 rings (SSSR count). The van der Waals surface area contributed by atoms with Gasteiger partial charge in [0.1, 0.15) is 0 Å². The van der Waals surface area contributed by atoms with Gasteiger partial charge in [-0.05, 0) is 12.0 Å². The number of rotatable bonds is 3. The third-order valence-electron chi connectivity index (χ3n) is 2.20.